The van der Waals surface area contributed by atoms with E-state index in [0.717, 1.165) is 24.1 Å². The number of amides is 2. The number of phenols is 1. The highest BCUT2D eigenvalue weighted by atomic mass is 19.1. The van der Waals surface area contributed by atoms with Gasteiger partial charge in [-0.2, -0.15) is 9.78 Å². The van der Waals surface area contributed by atoms with Crippen molar-refractivity contribution in [3.63, 3.8) is 0 Å². The van der Waals surface area contributed by atoms with Gasteiger partial charge >= 0.3 is 6.03 Å². The summed E-state index contributed by atoms with van der Waals surface area (Å²) < 4.78 is 16.2. The number of aromatic hydroxyl groups is 1. The van der Waals surface area contributed by atoms with Gasteiger partial charge in [-0.05, 0) is 66.9 Å². The van der Waals surface area contributed by atoms with Crippen LogP contribution >= 0.6 is 0 Å². The van der Waals surface area contributed by atoms with Gasteiger partial charge in [0.1, 0.15) is 17.3 Å². The van der Waals surface area contributed by atoms with Gasteiger partial charge in [0.2, 0.25) is 0 Å². The zero-order valence-corrected chi connectivity index (χ0v) is 19.0. The van der Waals surface area contributed by atoms with Gasteiger partial charge in [-0.15, -0.1) is 0 Å². The summed E-state index contributed by atoms with van der Waals surface area (Å²) in [5.74, 6) is -0.413. The van der Waals surface area contributed by atoms with E-state index in [0.29, 0.717) is 22.6 Å². The molecule has 1 aliphatic rings. The van der Waals surface area contributed by atoms with Crippen LogP contribution in [0.2, 0.25) is 0 Å². The van der Waals surface area contributed by atoms with Gasteiger partial charge in [-0.1, -0.05) is 12.1 Å². The van der Waals surface area contributed by atoms with E-state index in [2.05, 4.69) is 15.7 Å². The summed E-state index contributed by atoms with van der Waals surface area (Å²) in [5.41, 5.74) is 3.34. The lowest BCUT2D eigenvalue weighted by molar-refractivity contribution is 0.101. The molecule has 2 amide bonds. The van der Waals surface area contributed by atoms with Crippen molar-refractivity contribution in [3.8, 4) is 17.0 Å². The van der Waals surface area contributed by atoms with Crippen molar-refractivity contribution in [2.24, 2.45) is 7.05 Å². The average molecular weight is 474 g/mol. The molecule has 0 atom stereocenters. The van der Waals surface area contributed by atoms with Crippen LogP contribution in [0.5, 0.6) is 5.75 Å². The van der Waals surface area contributed by atoms with Crippen LogP contribution in [0.25, 0.3) is 11.3 Å². The number of halogens is 1. The SMILES string of the molecule is Cn1cccc1C(=O)Nc1ccc(O)c(-c2cc(C3CC3)n(C(=O)NCc3ccc(F)cc3)n2)c1. The Kier molecular flexibility index (Phi) is 5.82. The van der Waals surface area contributed by atoms with Gasteiger partial charge in [-0.3, -0.25) is 4.79 Å². The van der Waals surface area contributed by atoms with Gasteiger partial charge in [0.25, 0.3) is 5.91 Å². The van der Waals surface area contributed by atoms with Crippen LogP contribution in [-0.2, 0) is 13.6 Å². The number of carbonyl (C=O) groups is 2. The number of hydrogen-bond donors (Lipinski definition) is 3. The molecule has 1 aliphatic carbocycles. The van der Waals surface area contributed by atoms with Crippen molar-refractivity contribution >= 4 is 17.6 Å². The summed E-state index contributed by atoms with van der Waals surface area (Å²) in [6.07, 6.45) is 3.69. The van der Waals surface area contributed by atoms with Crippen LogP contribution in [0.15, 0.2) is 66.9 Å². The second-order valence-corrected chi connectivity index (χ2v) is 8.62. The molecule has 9 heteroatoms. The molecular weight excluding hydrogens is 449 g/mol. The second kappa shape index (κ2) is 9.09. The standard InChI is InChI=1S/C26H24FN5O3/c1-31-12-2-3-22(31)25(34)29-19-10-11-24(33)20(13-19)21-14-23(17-6-7-17)32(30-21)26(35)28-15-16-4-8-18(27)9-5-16/h2-5,8-14,17,33H,6-7,15H2,1H3,(H,28,35)(H,29,34). The fraction of sp³-hybridized carbons (Fsp3) is 0.192. The lowest BCUT2D eigenvalue weighted by Gasteiger charge is -2.09. The molecular formula is C26H24FN5O3. The number of nitrogens with one attached hydrogen (secondary N) is 2. The maximum Gasteiger partial charge on any atom is 0.342 e. The number of phenolic OH excluding ortho intramolecular Hbond substituents is 1. The Morgan fingerprint density at radius 1 is 1.11 bits per heavy atom. The van der Waals surface area contributed by atoms with Crippen molar-refractivity contribution < 1.29 is 19.1 Å². The van der Waals surface area contributed by atoms with E-state index >= 15 is 0 Å². The van der Waals surface area contributed by atoms with Gasteiger partial charge < -0.3 is 20.3 Å². The Morgan fingerprint density at radius 3 is 2.57 bits per heavy atom. The summed E-state index contributed by atoms with van der Waals surface area (Å²) in [7, 11) is 1.78. The van der Waals surface area contributed by atoms with E-state index in [1.54, 1.807) is 60.3 Å². The number of benzene rings is 2. The van der Waals surface area contributed by atoms with Crippen molar-refractivity contribution in [1.29, 1.82) is 0 Å². The molecule has 0 spiro atoms. The molecule has 8 nitrogen and oxygen atoms in total. The molecule has 1 saturated carbocycles. The van der Waals surface area contributed by atoms with Gasteiger partial charge in [0.15, 0.2) is 0 Å². The fourth-order valence-corrected chi connectivity index (χ4v) is 3.93. The van der Waals surface area contributed by atoms with Crippen LogP contribution in [0.1, 0.15) is 40.5 Å². The van der Waals surface area contributed by atoms with Crippen LogP contribution in [0, 0.1) is 5.82 Å². The summed E-state index contributed by atoms with van der Waals surface area (Å²) in [5, 5.41) is 20.6. The lowest BCUT2D eigenvalue weighted by atomic mass is 10.1. The molecule has 2 aromatic carbocycles. The van der Waals surface area contributed by atoms with Crippen LogP contribution in [-0.4, -0.2) is 31.4 Å². The normalized spacial score (nSPS) is 13.0. The Labute approximate surface area is 201 Å². The molecule has 0 radical (unpaired) electrons. The van der Waals surface area contributed by atoms with E-state index in [9.17, 15) is 19.1 Å². The van der Waals surface area contributed by atoms with E-state index in [-0.39, 0.29) is 29.9 Å². The van der Waals surface area contributed by atoms with Crippen molar-refractivity contribution in [2.45, 2.75) is 25.3 Å². The molecule has 0 bridgehead atoms. The molecule has 4 aromatic rings. The minimum atomic E-state index is -0.407. The number of hydrogen-bond acceptors (Lipinski definition) is 4. The van der Waals surface area contributed by atoms with E-state index in [1.807, 2.05) is 0 Å². The highest BCUT2D eigenvalue weighted by Gasteiger charge is 2.31. The third-order valence-electron chi connectivity index (χ3n) is 5.99. The van der Waals surface area contributed by atoms with Gasteiger partial charge in [0.05, 0.1) is 11.4 Å². The first-order valence-corrected chi connectivity index (χ1v) is 11.3. The van der Waals surface area contributed by atoms with Crippen molar-refractivity contribution in [1.82, 2.24) is 19.7 Å². The summed E-state index contributed by atoms with van der Waals surface area (Å²) >= 11 is 0. The molecule has 0 saturated heterocycles. The Morgan fingerprint density at radius 2 is 1.89 bits per heavy atom. The van der Waals surface area contributed by atoms with Crippen LogP contribution in [0.4, 0.5) is 14.9 Å². The topological polar surface area (TPSA) is 101 Å². The molecule has 0 aliphatic heterocycles. The van der Waals surface area contributed by atoms with Crippen LogP contribution < -0.4 is 10.6 Å². The number of aromatic nitrogens is 3. The predicted octanol–water partition coefficient (Wildman–Crippen LogP) is 4.62. The highest BCUT2D eigenvalue weighted by molar-refractivity contribution is 6.03. The minimum absolute atomic E-state index is 0.0133. The molecule has 2 heterocycles. The average Bonchev–Trinajstić information content (AvgIpc) is 3.45. The number of rotatable bonds is 6. The fourth-order valence-electron chi connectivity index (χ4n) is 3.93. The first-order valence-electron chi connectivity index (χ1n) is 11.3. The predicted molar refractivity (Wildman–Crippen MR) is 129 cm³/mol. The second-order valence-electron chi connectivity index (χ2n) is 8.62. The number of anilines is 1. The van der Waals surface area contributed by atoms with Crippen LogP contribution in [0.3, 0.4) is 0 Å². The maximum atomic E-state index is 13.1. The maximum absolute atomic E-state index is 13.1. The van der Waals surface area contributed by atoms with E-state index in [1.165, 1.54) is 22.9 Å². The van der Waals surface area contributed by atoms with E-state index in [4.69, 9.17) is 0 Å². The van der Waals surface area contributed by atoms with Crippen molar-refractivity contribution in [3.05, 3.63) is 89.6 Å². The third-order valence-corrected chi connectivity index (χ3v) is 5.99. The first kappa shape index (κ1) is 22.4. The summed E-state index contributed by atoms with van der Waals surface area (Å²) in [6, 6.07) is 15.5. The Hall–Kier alpha value is -4.40. The zero-order valence-electron chi connectivity index (χ0n) is 19.0. The zero-order chi connectivity index (χ0) is 24.5. The summed E-state index contributed by atoms with van der Waals surface area (Å²) in [4.78, 5) is 25.5. The molecule has 0 unspecified atom stereocenters. The molecule has 178 valence electrons. The smallest absolute Gasteiger partial charge is 0.342 e. The third kappa shape index (κ3) is 4.79. The highest BCUT2D eigenvalue weighted by Crippen LogP contribution is 2.42. The molecule has 35 heavy (non-hydrogen) atoms. The molecule has 2 aromatic heterocycles. The largest absolute Gasteiger partial charge is 0.507 e. The number of aryl methyl sites for hydroxylation is 1. The monoisotopic (exact) mass is 473 g/mol. The van der Waals surface area contributed by atoms with Crippen molar-refractivity contribution in [2.75, 3.05) is 5.32 Å². The molecule has 3 N–H and O–H groups in total. The summed E-state index contributed by atoms with van der Waals surface area (Å²) in [6.45, 7) is 0.227. The molecule has 1 fully saturated rings. The number of carbonyl (C=O) groups excluding carboxylic acids is 2. The van der Waals surface area contributed by atoms with Gasteiger partial charge in [-0.25, -0.2) is 9.18 Å². The van der Waals surface area contributed by atoms with E-state index < -0.39 is 6.03 Å². The number of nitrogens with zero attached hydrogens (tertiary/aromatic N) is 3. The Balaban J connectivity index is 1.39. The first-order chi connectivity index (χ1) is 16.9. The Bertz CT molecular complexity index is 1400. The lowest BCUT2D eigenvalue weighted by Crippen LogP contribution is -2.30. The quantitative estimate of drug-likeness (QED) is 0.356. The minimum Gasteiger partial charge on any atom is -0.507 e. The van der Waals surface area contributed by atoms with Gasteiger partial charge in [0, 0.05) is 37.0 Å². The molecule has 5 rings (SSSR count).